The molecule has 0 aliphatic heterocycles. The van der Waals surface area contributed by atoms with E-state index in [1.165, 1.54) is 0 Å². The lowest BCUT2D eigenvalue weighted by Crippen LogP contribution is -2.42. The van der Waals surface area contributed by atoms with Crippen molar-refractivity contribution in [2.75, 3.05) is 10.2 Å². The van der Waals surface area contributed by atoms with Crippen LogP contribution in [-0.2, 0) is 25.6 Å². The van der Waals surface area contributed by atoms with Crippen molar-refractivity contribution < 1.29 is 24.3 Å². The lowest BCUT2D eigenvalue weighted by Gasteiger charge is -2.24. The molecule has 10 heteroatoms. The molecule has 164 valence electrons. The number of thiazole rings is 1. The number of carboxylic acid groups (broad SMARTS) is 1. The fraction of sp³-hybridized carbons (Fsp3) is 0.381. The molecule has 0 radical (unpaired) electrons. The summed E-state index contributed by atoms with van der Waals surface area (Å²) in [6.45, 7) is 1.90. The van der Waals surface area contributed by atoms with E-state index in [0.29, 0.717) is 5.69 Å². The van der Waals surface area contributed by atoms with E-state index in [9.17, 15) is 19.2 Å². The third-order valence-electron chi connectivity index (χ3n) is 4.99. The normalized spacial score (nSPS) is 13.7. The van der Waals surface area contributed by atoms with Crippen molar-refractivity contribution in [3.05, 3.63) is 39.9 Å². The number of nitrogens with one attached hydrogen (secondary N) is 1. The number of nitrogens with zero attached hydrogens (tertiary/aromatic N) is 2. The van der Waals surface area contributed by atoms with Gasteiger partial charge < -0.3 is 10.4 Å². The molecule has 1 aromatic carbocycles. The number of benzene rings is 1. The number of carboxylic acids is 1. The number of imide groups is 1. The first kappa shape index (κ1) is 22.9. The summed E-state index contributed by atoms with van der Waals surface area (Å²) in [7, 11) is 0. The predicted molar refractivity (Wildman–Crippen MR) is 117 cm³/mol. The quantitative estimate of drug-likeness (QED) is 0.603. The zero-order valence-corrected chi connectivity index (χ0v) is 18.5. The molecule has 1 aromatic heterocycles. The molecule has 3 rings (SSSR count). The number of carbonyl (C=O) groups is 4. The average molecular weight is 464 g/mol. The largest absolute Gasteiger partial charge is 0.481 e. The number of anilines is 2. The predicted octanol–water partition coefficient (Wildman–Crippen LogP) is 3.81. The van der Waals surface area contributed by atoms with E-state index >= 15 is 0 Å². The van der Waals surface area contributed by atoms with Gasteiger partial charge >= 0.3 is 5.97 Å². The molecule has 1 aliphatic rings. The molecule has 31 heavy (non-hydrogen) atoms. The number of rotatable bonds is 7. The summed E-state index contributed by atoms with van der Waals surface area (Å²) in [6.07, 6.45) is 2.40. The van der Waals surface area contributed by atoms with Crippen LogP contribution in [0.5, 0.6) is 0 Å². The van der Waals surface area contributed by atoms with Crippen molar-refractivity contribution in [3.8, 4) is 0 Å². The van der Waals surface area contributed by atoms with E-state index in [0.717, 1.165) is 47.5 Å². The first-order valence-corrected chi connectivity index (χ1v) is 11.0. The Balaban J connectivity index is 1.73. The summed E-state index contributed by atoms with van der Waals surface area (Å²) < 4.78 is 0.154. The van der Waals surface area contributed by atoms with Gasteiger partial charge in [0, 0.05) is 5.92 Å². The molecule has 1 aliphatic carbocycles. The van der Waals surface area contributed by atoms with E-state index in [1.807, 2.05) is 6.92 Å². The first-order chi connectivity index (χ1) is 14.7. The standard InChI is InChI=1S/C21H22ClN3O5S/c1-12-6-8-14(9-7-12)25(20(30)13-4-2-3-5-13)17(27)11-16(26)24-21-23-15(10-18(28)29)19(22)31-21/h6-9,13H,2-5,10-11H2,1H3,(H,28,29)(H,23,24,26). The van der Waals surface area contributed by atoms with Crippen molar-refractivity contribution in [1.82, 2.24) is 4.98 Å². The lowest BCUT2D eigenvalue weighted by molar-refractivity contribution is -0.136. The summed E-state index contributed by atoms with van der Waals surface area (Å²) in [5.41, 5.74) is 1.56. The highest BCUT2D eigenvalue weighted by Gasteiger charge is 2.33. The van der Waals surface area contributed by atoms with Gasteiger partial charge in [0.2, 0.25) is 17.7 Å². The number of carbonyl (C=O) groups excluding carboxylic acids is 3. The van der Waals surface area contributed by atoms with Gasteiger partial charge in [0.05, 0.1) is 17.8 Å². The Hall–Kier alpha value is -2.78. The van der Waals surface area contributed by atoms with Gasteiger partial charge in [0.1, 0.15) is 10.8 Å². The van der Waals surface area contributed by atoms with Gasteiger partial charge in [0.25, 0.3) is 0 Å². The van der Waals surface area contributed by atoms with Gasteiger partial charge in [-0.25, -0.2) is 9.88 Å². The van der Waals surface area contributed by atoms with E-state index in [1.54, 1.807) is 24.3 Å². The summed E-state index contributed by atoms with van der Waals surface area (Å²) in [6, 6.07) is 6.99. The Kier molecular flexibility index (Phi) is 7.40. The van der Waals surface area contributed by atoms with Crippen LogP contribution in [0.3, 0.4) is 0 Å². The molecular formula is C21H22ClN3O5S. The number of aryl methyl sites for hydroxylation is 1. The molecular weight excluding hydrogens is 442 g/mol. The van der Waals surface area contributed by atoms with Gasteiger partial charge in [0.15, 0.2) is 5.13 Å². The minimum Gasteiger partial charge on any atom is -0.481 e. The Morgan fingerprint density at radius 1 is 1.19 bits per heavy atom. The molecule has 0 saturated heterocycles. The highest BCUT2D eigenvalue weighted by molar-refractivity contribution is 7.19. The summed E-state index contributed by atoms with van der Waals surface area (Å²) in [5, 5.41) is 11.4. The number of aliphatic carboxylic acids is 1. The zero-order valence-electron chi connectivity index (χ0n) is 16.9. The van der Waals surface area contributed by atoms with Crippen LogP contribution in [0.2, 0.25) is 4.34 Å². The zero-order chi connectivity index (χ0) is 22.5. The Bertz CT molecular complexity index is 999. The Morgan fingerprint density at radius 3 is 2.45 bits per heavy atom. The number of halogens is 1. The van der Waals surface area contributed by atoms with Gasteiger partial charge in [-0.15, -0.1) is 0 Å². The molecule has 0 spiro atoms. The summed E-state index contributed by atoms with van der Waals surface area (Å²) >= 11 is 6.87. The highest BCUT2D eigenvalue weighted by atomic mass is 35.5. The van der Waals surface area contributed by atoms with Crippen LogP contribution in [0.25, 0.3) is 0 Å². The third-order valence-corrected chi connectivity index (χ3v) is 6.24. The molecule has 0 bridgehead atoms. The van der Waals surface area contributed by atoms with Gasteiger partial charge in [-0.3, -0.25) is 19.2 Å². The van der Waals surface area contributed by atoms with Crippen LogP contribution in [0.1, 0.15) is 43.4 Å². The second-order valence-electron chi connectivity index (χ2n) is 7.42. The molecule has 0 atom stereocenters. The van der Waals surface area contributed by atoms with E-state index in [4.69, 9.17) is 16.7 Å². The van der Waals surface area contributed by atoms with Crippen LogP contribution in [0.4, 0.5) is 10.8 Å². The van der Waals surface area contributed by atoms with Crippen molar-refractivity contribution in [2.45, 2.75) is 45.4 Å². The fourth-order valence-electron chi connectivity index (χ4n) is 3.46. The maximum absolute atomic E-state index is 13.1. The maximum atomic E-state index is 13.1. The van der Waals surface area contributed by atoms with Crippen LogP contribution in [0.15, 0.2) is 24.3 Å². The van der Waals surface area contributed by atoms with Crippen molar-refractivity contribution in [1.29, 1.82) is 0 Å². The number of hydrogen-bond acceptors (Lipinski definition) is 6. The van der Waals surface area contributed by atoms with Crippen molar-refractivity contribution in [2.24, 2.45) is 5.92 Å². The molecule has 2 N–H and O–H groups in total. The first-order valence-electron chi connectivity index (χ1n) is 9.85. The fourth-order valence-corrected chi connectivity index (χ4v) is 4.52. The smallest absolute Gasteiger partial charge is 0.309 e. The van der Waals surface area contributed by atoms with Crippen LogP contribution in [-0.4, -0.2) is 33.8 Å². The van der Waals surface area contributed by atoms with Crippen molar-refractivity contribution >= 4 is 57.4 Å². The monoisotopic (exact) mass is 463 g/mol. The lowest BCUT2D eigenvalue weighted by atomic mass is 10.1. The molecule has 3 amide bonds. The van der Waals surface area contributed by atoms with Gasteiger partial charge in [-0.1, -0.05) is 53.5 Å². The number of hydrogen-bond donors (Lipinski definition) is 2. The van der Waals surface area contributed by atoms with Crippen LogP contribution < -0.4 is 10.2 Å². The van der Waals surface area contributed by atoms with E-state index in [2.05, 4.69) is 10.3 Å². The average Bonchev–Trinajstić information content (AvgIpc) is 3.33. The van der Waals surface area contributed by atoms with Crippen LogP contribution in [0, 0.1) is 12.8 Å². The SMILES string of the molecule is Cc1ccc(N(C(=O)CC(=O)Nc2nc(CC(=O)O)c(Cl)s2)C(=O)C2CCCC2)cc1. The topological polar surface area (TPSA) is 117 Å². The Morgan fingerprint density at radius 2 is 1.84 bits per heavy atom. The van der Waals surface area contributed by atoms with Gasteiger partial charge in [-0.05, 0) is 31.9 Å². The number of amides is 3. The molecule has 8 nitrogen and oxygen atoms in total. The minimum atomic E-state index is -1.10. The molecule has 1 heterocycles. The molecule has 2 aromatic rings. The molecule has 1 saturated carbocycles. The Labute approximate surface area is 188 Å². The van der Waals surface area contributed by atoms with Gasteiger partial charge in [-0.2, -0.15) is 0 Å². The van der Waals surface area contributed by atoms with Crippen molar-refractivity contribution in [3.63, 3.8) is 0 Å². The second-order valence-corrected chi connectivity index (χ2v) is 9.02. The summed E-state index contributed by atoms with van der Waals surface area (Å²) in [5.74, 6) is -2.91. The number of aromatic nitrogens is 1. The minimum absolute atomic E-state index is 0.100. The highest BCUT2D eigenvalue weighted by Crippen LogP contribution is 2.30. The molecule has 0 unspecified atom stereocenters. The molecule has 1 fully saturated rings. The van der Waals surface area contributed by atoms with E-state index < -0.39 is 24.2 Å². The second kappa shape index (κ2) is 10.0. The van der Waals surface area contributed by atoms with Crippen LogP contribution >= 0.6 is 22.9 Å². The summed E-state index contributed by atoms with van der Waals surface area (Å²) in [4.78, 5) is 54.4. The maximum Gasteiger partial charge on any atom is 0.309 e. The van der Waals surface area contributed by atoms with E-state index in [-0.39, 0.29) is 33.4 Å². The third kappa shape index (κ3) is 5.89.